The zero-order valence-electron chi connectivity index (χ0n) is 14.6. The molecule has 0 amide bonds. The Morgan fingerprint density at radius 3 is 2.26 bits per heavy atom. The van der Waals surface area contributed by atoms with Crippen LogP contribution in [0.3, 0.4) is 0 Å². The maximum atomic E-state index is 10.1. The summed E-state index contributed by atoms with van der Waals surface area (Å²) < 4.78 is 0. The molecule has 2 heteroatoms. The molecular weight excluding hydrogens is 330 g/mol. The number of fused-ring (bicyclic) bond motifs is 4. The summed E-state index contributed by atoms with van der Waals surface area (Å²) in [5.74, 6) is 0.207. The second-order valence-electron chi connectivity index (χ2n) is 6.65. The van der Waals surface area contributed by atoms with E-state index in [9.17, 15) is 5.11 Å². The SMILES string of the molecule is Oc1cccc2ccc(/C=C/c3cc4ccccc4c4ccccc34)nc12. The molecule has 0 aliphatic carbocycles. The minimum atomic E-state index is 0.207. The largest absolute Gasteiger partial charge is 0.506 e. The number of aromatic nitrogens is 1. The van der Waals surface area contributed by atoms with Crippen molar-refractivity contribution in [2.75, 3.05) is 0 Å². The van der Waals surface area contributed by atoms with Gasteiger partial charge in [0.25, 0.3) is 0 Å². The quantitative estimate of drug-likeness (QED) is 0.374. The summed E-state index contributed by atoms with van der Waals surface area (Å²) in [6, 6.07) is 28.5. The minimum absolute atomic E-state index is 0.207. The van der Waals surface area contributed by atoms with Gasteiger partial charge in [0.15, 0.2) is 0 Å². The molecule has 1 heterocycles. The molecule has 0 fully saturated rings. The predicted molar refractivity (Wildman–Crippen MR) is 114 cm³/mol. The first-order chi connectivity index (χ1) is 13.3. The number of hydrogen-bond acceptors (Lipinski definition) is 2. The zero-order chi connectivity index (χ0) is 18.2. The van der Waals surface area contributed by atoms with E-state index < -0.39 is 0 Å². The standard InChI is InChI=1S/C25H17NO/c27-24-11-5-7-17-12-14-20(26-25(17)24)15-13-19-16-18-6-1-2-8-21(18)23-10-4-3-9-22(19)23/h1-16,27H/b15-13+. The van der Waals surface area contributed by atoms with Gasteiger partial charge >= 0.3 is 0 Å². The second kappa shape index (κ2) is 6.26. The van der Waals surface area contributed by atoms with Gasteiger partial charge in [0.1, 0.15) is 11.3 Å². The Kier molecular flexibility index (Phi) is 3.61. The monoisotopic (exact) mass is 347 g/mol. The Bertz CT molecular complexity index is 1330. The summed E-state index contributed by atoms with van der Waals surface area (Å²) in [5.41, 5.74) is 2.60. The summed E-state index contributed by atoms with van der Waals surface area (Å²) in [5, 5.41) is 15.9. The molecule has 0 aliphatic heterocycles. The van der Waals surface area contributed by atoms with Crippen LogP contribution in [0.5, 0.6) is 5.75 Å². The molecule has 0 saturated carbocycles. The van der Waals surface area contributed by atoms with Crippen molar-refractivity contribution < 1.29 is 5.11 Å². The van der Waals surface area contributed by atoms with Crippen molar-refractivity contribution in [2.45, 2.75) is 0 Å². The van der Waals surface area contributed by atoms with E-state index in [1.165, 1.54) is 21.5 Å². The van der Waals surface area contributed by atoms with Crippen molar-refractivity contribution in [1.29, 1.82) is 0 Å². The van der Waals surface area contributed by atoms with E-state index in [1.54, 1.807) is 6.07 Å². The molecule has 0 unspecified atom stereocenters. The number of hydrogen-bond donors (Lipinski definition) is 1. The lowest BCUT2D eigenvalue weighted by Gasteiger charge is -2.08. The highest BCUT2D eigenvalue weighted by molar-refractivity contribution is 6.11. The summed E-state index contributed by atoms with van der Waals surface area (Å²) in [7, 11) is 0. The van der Waals surface area contributed by atoms with Crippen LogP contribution in [0.2, 0.25) is 0 Å². The fraction of sp³-hybridized carbons (Fsp3) is 0. The van der Waals surface area contributed by atoms with Crippen LogP contribution < -0.4 is 0 Å². The zero-order valence-corrected chi connectivity index (χ0v) is 14.6. The van der Waals surface area contributed by atoms with Crippen molar-refractivity contribution in [3.8, 4) is 5.75 Å². The molecule has 5 rings (SSSR count). The van der Waals surface area contributed by atoms with Crippen LogP contribution in [0.4, 0.5) is 0 Å². The molecule has 128 valence electrons. The highest BCUT2D eigenvalue weighted by Crippen LogP contribution is 2.30. The van der Waals surface area contributed by atoms with Gasteiger partial charge < -0.3 is 5.11 Å². The minimum Gasteiger partial charge on any atom is -0.506 e. The molecule has 27 heavy (non-hydrogen) atoms. The lowest BCUT2D eigenvalue weighted by molar-refractivity contribution is 0.480. The molecule has 1 aromatic heterocycles. The van der Waals surface area contributed by atoms with Gasteiger partial charge in [-0.1, -0.05) is 72.8 Å². The van der Waals surface area contributed by atoms with E-state index in [0.29, 0.717) is 5.52 Å². The number of phenols is 1. The van der Waals surface area contributed by atoms with E-state index >= 15 is 0 Å². The van der Waals surface area contributed by atoms with Gasteiger partial charge in [-0.2, -0.15) is 0 Å². The van der Waals surface area contributed by atoms with Crippen LogP contribution in [-0.2, 0) is 0 Å². The molecule has 5 aromatic rings. The van der Waals surface area contributed by atoms with Crippen LogP contribution in [-0.4, -0.2) is 10.1 Å². The summed E-state index contributed by atoms with van der Waals surface area (Å²) in [6.45, 7) is 0. The maximum Gasteiger partial charge on any atom is 0.141 e. The molecular formula is C25H17NO. The van der Waals surface area contributed by atoms with E-state index in [1.807, 2.05) is 30.3 Å². The molecule has 0 saturated heterocycles. The number of para-hydroxylation sites is 1. The Morgan fingerprint density at radius 1 is 0.630 bits per heavy atom. The highest BCUT2D eigenvalue weighted by atomic mass is 16.3. The average Bonchev–Trinajstić information content (AvgIpc) is 2.72. The summed E-state index contributed by atoms with van der Waals surface area (Å²) in [4.78, 5) is 4.60. The van der Waals surface area contributed by atoms with E-state index in [-0.39, 0.29) is 5.75 Å². The number of benzene rings is 4. The maximum absolute atomic E-state index is 10.1. The molecule has 0 atom stereocenters. The van der Waals surface area contributed by atoms with Crippen molar-refractivity contribution in [1.82, 2.24) is 4.98 Å². The van der Waals surface area contributed by atoms with Gasteiger partial charge in [-0.3, -0.25) is 0 Å². The third-order valence-corrected chi connectivity index (χ3v) is 4.95. The fourth-order valence-electron chi connectivity index (χ4n) is 3.64. The predicted octanol–water partition coefficient (Wildman–Crippen LogP) is 6.42. The number of pyridine rings is 1. The fourth-order valence-corrected chi connectivity index (χ4v) is 3.64. The van der Waals surface area contributed by atoms with Gasteiger partial charge in [-0.25, -0.2) is 4.98 Å². The van der Waals surface area contributed by atoms with Gasteiger partial charge in [0.05, 0.1) is 5.69 Å². The lowest BCUT2D eigenvalue weighted by Crippen LogP contribution is -1.85. The molecule has 1 N–H and O–H groups in total. The normalized spacial score (nSPS) is 11.7. The highest BCUT2D eigenvalue weighted by Gasteiger charge is 2.05. The van der Waals surface area contributed by atoms with Gasteiger partial charge in [-0.05, 0) is 51.4 Å². The van der Waals surface area contributed by atoms with Crippen molar-refractivity contribution in [3.05, 3.63) is 96.2 Å². The molecule has 0 bridgehead atoms. The van der Waals surface area contributed by atoms with Crippen LogP contribution in [0.15, 0.2) is 84.9 Å². The molecule has 4 aromatic carbocycles. The van der Waals surface area contributed by atoms with Crippen LogP contribution in [0.1, 0.15) is 11.3 Å². The summed E-state index contributed by atoms with van der Waals surface area (Å²) >= 11 is 0. The van der Waals surface area contributed by atoms with Crippen molar-refractivity contribution >= 4 is 44.6 Å². The van der Waals surface area contributed by atoms with Gasteiger partial charge in [0, 0.05) is 5.39 Å². The van der Waals surface area contributed by atoms with E-state index in [4.69, 9.17) is 0 Å². The number of rotatable bonds is 2. The molecule has 0 radical (unpaired) electrons. The average molecular weight is 347 g/mol. The van der Waals surface area contributed by atoms with Crippen LogP contribution in [0.25, 0.3) is 44.6 Å². The number of aromatic hydroxyl groups is 1. The Hall–Kier alpha value is -3.65. The first-order valence-electron chi connectivity index (χ1n) is 8.97. The Labute approximate surface area is 157 Å². The van der Waals surface area contributed by atoms with E-state index in [0.717, 1.165) is 16.6 Å². The number of nitrogens with zero attached hydrogens (tertiary/aromatic N) is 1. The van der Waals surface area contributed by atoms with Crippen LogP contribution >= 0.6 is 0 Å². The summed E-state index contributed by atoms with van der Waals surface area (Å²) in [6.07, 6.45) is 4.10. The molecule has 0 spiro atoms. The van der Waals surface area contributed by atoms with Gasteiger partial charge in [-0.15, -0.1) is 0 Å². The van der Waals surface area contributed by atoms with Gasteiger partial charge in [0.2, 0.25) is 0 Å². The third kappa shape index (κ3) is 2.72. The van der Waals surface area contributed by atoms with Crippen LogP contribution in [0, 0.1) is 0 Å². The second-order valence-corrected chi connectivity index (χ2v) is 6.65. The third-order valence-electron chi connectivity index (χ3n) is 4.95. The molecule has 2 nitrogen and oxygen atoms in total. The Balaban J connectivity index is 1.66. The number of phenolic OH excluding ortho intramolecular Hbond substituents is 1. The molecule has 0 aliphatic rings. The van der Waals surface area contributed by atoms with E-state index in [2.05, 4.69) is 65.7 Å². The van der Waals surface area contributed by atoms with Crippen molar-refractivity contribution in [2.24, 2.45) is 0 Å². The first kappa shape index (κ1) is 15.6. The topological polar surface area (TPSA) is 33.1 Å². The first-order valence-corrected chi connectivity index (χ1v) is 8.97. The Morgan fingerprint density at radius 2 is 1.37 bits per heavy atom. The lowest BCUT2D eigenvalue weighted by atomic mass is 9.97. The smallest absolute Gasteiger partial charge is 0.141 e. The van der Waals surface area contributed by atoms with Crippen molar-refractivity contribution in [3.63, 3.8) is 0 Å².